The van der Waals surface area contributed by atoms with Gasteiger partial charge in [-0.2, -0.15) is 0 Å². The van der Waals surface area contributed by atoms with E-state index in [4.69, 9.17) is 4.74 Å². The molecule has 0 N–H and O–H groups in total. The van der Waals surface area contributed by atoms with Gasteiger partial charge in [0, 0.05) is 13.1 Å². The van der Waals surface area contributed by atoms with Crippen molar-refractivity contribution in [1.29, 1.82) is 0 Å². The van der Waals surface area contributed by atoms with Gasteiger partial charge in [-0.3, -0.25) is 4.90 Å². The summed E-state index contributed by atoms with van der Waals surface area (Å²) >= 11 is 0. The first-order chi connectivity index (χ1) is 7.45. The summed E-state index contributed by atoms with van der Waals surface area (Å²) in [6, 6.07) is 0. The summed E-state index contributed by atoms with van der Waals surface area (Å²) in [7, 11) is 0. The van der Waals surface area contributed by atoms with Crippen molar-refractivity contribution in [1.82, 2.24) is 4.90 Å². The molecule has 0 amide bonds. The minimum absolute atomic E-state index is 0.919. The second-order valence-electron chi connectivity index (χ2n) is 4.32. The molecular weight excluding hydrogens is 186 g/mol. The highest BCUT2D eigenvalue weighted by molar-refractivity contribution is 5.21. The molecule has 1 aliphatic heterocycles. The van der Waals surface area contributed by atoms with Crippen molar-refractivity contribution in [2.75, 3.05) is 32.8 Å². The third-order valence-corrected chi connectivity index (χ3v) is 3.12. The van der Waals surface area contributed by atoms with Gasteiger partial charge in [0.1, 0.15) is 0 Å². The van der Waals surface area contributed by atoms with Crippen LogP contribution in [0.4, 0.5) is 0 Å². The Kier molecular flexibility index (Phi) is 4.42. The van der Waals surface area contributed by atoms with Crippen LogP contribution in [0.2, 0.25) is 0 Å². The van der Waals surface area contributed by atoms with E-state index in [-0.39, 0.29) is 0 Å². The third-order valence-electron chi connectivity index (χ3n) is 3.12. The highest BCUT2D eigenvalue weighted by atomic mass is 16.5. The van der Waals surface area contributed by atoms with Gasteiger partial charge in [0.25, 0.3) is 0 Å². The smallest absolute Gasteiger partial charge is 0.0594 e. The lowest BCUT2D eigenvalue weighted by molar-refractivity contribution is 0.0375. The van der Waals surface area contributed by atoms with Crippen molar-refractivity contribution in [3.63, 3.8) is 0 Å². The summed E-state index contributed by atoms with van der Waals surface area (Å²) in [5, 5.41) is 0. The topological polar surface area (TPSA) is 12.5 Å². The van der Waals surface area contributed by atoms with Gasteiger partial charge in [-0.1, -0.05) is 23.8 Å². The van der Waals surface area contributed by atoms with E-state index in [1.54, 1.807) is 0 Å². The summed E-state index contributed by atoms with van der Waals surface area (Å²) in [4.78, 5) is 2.51. The number of hydrogen-bond donors (Lipinski definition) is 0. The molecule has 0 unspecified atom stereocenters. The summed E-state index contributed by atoms with van der Waals surface area (Å²) < 4.78 is 5.33. The van der Waals surface area contributed by atoms with Crippen LogP contribution in [-0.2, 0) is 4.74 Å². The monoisotopic (exact) mass is 207 g/mol. The van der Waals surface area contributed by atoms with Crippen molar-refractivity contribution in [2.45, 2.75) is 25.7 Å². The molecule has 1 heterocycles. The average molecular weight is 207 g/mol. The molecule has 2 nitrogen and oxygen atoms in total. The average Bonchev–Trinajstić information content (AvgIpc) is 2.32. The first-order valence-corrected chi connectivity index (χ1v) is 6.11. The van der Waals surface area contributed by atoms with Crippen LogP contribution >= 0.6 is 0 Å². The molecule has 0 aromatic heterocycles. The van der Waals surface area contributed by atoms with E-state index >= 15 is 0 Å². The molecule has 1 fully saturated rings. The second kappa shape index (κ2) is 6.09. The second-order valence-corrected chi connectivity index (χ2v) is 4.32. The van der Waals surface area contributed by atoms with Gasteiger partial charge in [0.05, 0.1) is 13.2 Å². The minimum Gasteiger partial charge on any atom is -0.379 e. The Bertz CT molecular complexity index is 239. The Labute approximate surface area is 92.6 Å². The molecule has 0 aromatic carbocycles. The largest absolute Gasteiger partial charge is 0.379 e. The molecule has 0 aromatic rings. The molecule has 0 atom stereocenters. The Morgan fingerprint density at radius 1 is 1.20 bits per heavy atom. The normalized spacial score (nSPS) is 22.8. The van der Waals surface area contributed by atoms with Crippen LogP contribution in [0.5, 0.6) is 0 Å². The lowest BCUT2D eigenvalue weighted by Gasteiger charge is -2.26. The highest BCUT2D eigenvalue weighted by Gasteiger charge is 2.09. The zero-order chi connectivity index (χ0) is 10.3. The van der Waals surface area contributed by atoms with Crippen molar-refractivity contribution in [3.05, 3.63) is 23.8 Å². The number of morpholine rings is 1. The molecule has 2 rings (SSSR count). The first-order valence-electron chi connectivity index (χ1n) is 6.11. The fourth-order valence-corrected chi connectivity index (χ4v) is 2.18. The van der Waals surface area contributed by atoms with E-state index in [9.17, 15) is 0 Å². The van der Waals surface area contributed by atoms with E-state index in [0.717, 1.165) is 26.3 Å². The maximum absolute atomic E-state index is 5.33. The Morgan fingerprint density at radius 3 is 2.80 bits per heavy atom. The molecule has 2 heteroatoms. The van der Waals surface area contributed by atoms with E-state index in [2.05, 4.69) is 23.1 Å². The van der Waals surface area contributed by atoms with Crippen molar-refractivity contribution >= 4 is 0 Å². The predicted octanol–water partition coefficient (Wildman–Crippen LogP) is 2.38. The van der Waals surface area contributed by atoms with Crippen LogP contribution in [0.15, 0.2) is 23.8 Å². The fraction of sp³-hybridized carbons (Fsp3) is 0.692. The molecule has 0 bridgehead atoms. The Balaban J connectivity index is 1.61. The van der Waals surface area contributed by atoms with E-state index in [1.807, 2.05) is 0 Å². The van der Waals surface area contributed by atoms with Crippen LogP contribution in [0, 0.1) is 0 Å². The minimum atomic E-state index is 0.919. The molecule has 0 saturated carbocycles. The molecule has 84 valence electrons. The maximum Gasteiger partial charge on any atom is 0.0594 e. The summed E-state index contributed by atoms with van der Waals surface area (Å²) in [6.45, 7) is 5.31. The van der Waals surface area contributed by atoms with Crippen LogP contribution in [-0.4, -0.2) is 37.7 Å². The maximum atomic E-state index is 5.33. The van der Waals surface area contributed by atoms with Gasteiger partial charge >= 0.3 is 0 Å². The number of rotatable bonds is 4. The third kappa shape index (κ3) is 3.80. The van der Waals surface area contributed by atoms with E-state index < -0.39 is 0 Å². The van der Waals surface area contributed by atoms with Gasteiger partial charge in [-0.05, 0) is 32.2 Å². The van der Waals surface area contributed by atoms with E-state index in [0.29, 0.717) is 0 Å². The fourth-order valence-electron chi connectivity index (χ4n) is 2.18. The van der Waals surface area contributed by atoms with Crippen LogP contribution in [0.3, 0.4) is 0 Å². The first kappa shape index (κ1) is 10.9. The van der Waals surface area contributed by atoms with Crippen molar-refractivity contribution in [3.8, 4) is 0 Å². The van der Waals surface area contributed by atoms with Crippen molar-refractivity contribution in [2.24, 2.45) is 0 Å². The van der Waals surface area contributed by atoms with Gasteiger partial charge in [0.2, 0.25) is 0 Å². The van der Waals surface area contributed by atoms with Gasteiger partial charge in [-0.25, -0.2) is 0 Å². The van der Waals surface area contributed by atoms with Gasteiger partial charge in [-0.15, -0.1) is 0 Å². The molecule has 1 aliphatic carbocycles. The molecule has 0 spiro atoms. The molecule has 2 aliphatic rings. The number of nitrogens with zero attached hydrogens (tertiary/aromatic N) is 1. The Morgan fingerprint density at radius 2 is 2.07 bits per heavy atom. The molecule has 1 saturated heterocycles. The van der Waals surface area contributed by atoms with Gasteiger partial charge < -0.3 is 4.74 Å². The van der Waals surface area contributed by atoms with E-state index in [1.165, 1.54) is 37.8 Å². The quantitative estimate of drug-likeness (QED) is 0.701. The predicted molar refractivity (Wildman–Crippen MR) is 63.0 cm³/mol. The summed E-state index contributed by atoms with van der Waals surface area (Å²) in [5.41, 5.74) is 1.54. The Hall–Kier alpha value is -0.600. The lowest BCUT2D eigenvalue weighted by Crippen LogP contribution is -2.36. The van der Waals surface area contributed by atoms with Crippen LogP contribution in [0.25, 0.3) is 0 Å². The molecule has 0 radical (unpaired) electrons. The van der Waals surface area contributed by atoms with Crippen molar-refractivity contribution < 1.29 is 4.74 Å². The molecular formula is C13H21NO. The standard InChI is InChI=1S/C13H21NO/c1-2-5-13(6-3-1)7-4-8-14-9-11-15-12-10-14/h2,5-6H,1,3-4,7-12H2. The lowest BCUT2D eigenvalue weighted by atomic mass is 10.0. The summed E-state index contributed by atoms with van der Waals surface area (Å²) in [5.74, 6) is 0. The highest BCUT2D eigenvalue weighted by Crippen LogP contribution is 2.15. The zero-order valence-corrected chi connectivity index (χ0v) is 9.45. The van der Waals surface area contributed by atoms with Crippen LogP contribution in [0.1, 0.15) is 25.7 Å². The number of hydrogen-bond acceptors (Lipinski definition) is 2. The zero-order valence-electron chi connectivity index (χ0n) is 9.45. The SMILES string of the molecule is C1=CC(CCCN2CCOCC2)=CCC1. The van der Waals surface area contributed by atoms with Crippen LogP contribution < -0.4 is 0 Å². The molecule has 15 heavy (non-hydrogen) atoms. The number of ether oxygens (including phenoxy) is 1. The number of allylic oxidation sites excluding steroid dienone is 4. The summed E-state index contributed by atoms with van der Waals surface area (Å²) in [6.07, 6.45) is 12.0. The van der Waals surface area contributed by atoms with Gasteiger partial charge in [0.15, 0.2) is 0 Å².